The van der Waals surface area contributed by atoms with Crippen LogP contribution in [0.25, 0.3) is 0 Å². The van der Waals surface area contributed by atoms with Crippen LogP contribution in [-0.4, -0.2) is 37.9 Å². The van der Waals surface area contributed by atoms with Crippen LogP contribution < -0.4 is 0 Å². The van der Waals surface area contributed by atoms with Crippen molar-refractivity contribution in [3.63, 3.8) is 0 Å². The van der Waals surface area contributed by atoms with Gasteiger partial charge in [0.25, 0.3) is 0 Å². The first-order valence-electron chi connectivity index (χ1n) is 4.65. The van der Waals surface area contributed by atoms with Gasteiger partial charge >= 0.3 is 12.6 Å². The zero-order chi connectivity index (χ0) is 18.8. The second-order valence-electron chi connectivity index (χ2n) is 2.55. The molecule has 0 fully saturated rings. The van der Waals surface area contributed by atoms with Crippen molar-refractivity contribution in [2.75, 3.05) is 19.5 Å². The van der Waals surface area contributed by atoms with Crippen LogP contribution in [0.5, 0.6) is 0 Å². The third-order valence-electron chi connectivity index (χ3n) is 0.829. The van der Waals surface area contributed by atoms with Gasteiger partial charge in [-0.15, -0.1) is 17.6 Å². The van der Waals surface area contributed by atoms with Crippen LogP contribution in [0.1, 0.15) is 12.8 Å². The molecule has 0 saturated heterocycles. The summed E-state index contributed by atoms with van der Waals surface area (Å²) in [6.45, 7) is -3.10. The van der Waals surface area contributed by atoms with Crippen molar-refractivity contribution in [1.29, 1.82) is 0 Å². The molecule has 0 N–H and O–H groups in total. The fraction of sp³-hybridized carbons (Fsp3) is 0.875. The molecule has 0 atom stereocenters. The first-order valence-corrected chi connectivity index (χ1v) is 5.28. The minimum absolute atomic E-state index is 0.109. The Morgan fingerprint density at radius 1 is 0.955 bits per heavy atom. The van der Waals surface area contributed by atoms with E-state index in [4.69, 9.17) is 0 Å². The first-order chi connectivity index (χ1) is 9.78. The van der Waals surface area contributed by atoms with Gasteiger partial charge in [-0.1, -0.05) is 0 Å². The van der Waals surface area contributed by atoms with Crippen LogP contribution in [0.15, 0.2) is 0 Å². The minimum Gasteiger partial charge on any atom is -0.299 e. The molecule has 22 heavy (non-hydrogen) atoms. The summed E-state index contributed by atoms with van der Waals surface area (Å²) in [7, 11) is 0. The molecule has 0 spiro atoms. The van der Waals surface area contributed by atoms with Gasteiger partial charge < -0.3 is 0 Å². The van der Waals surface area contributed by atoms with Gasteiger partial charge in [-0.05, 0) is 10.3 Å². The summed E-state index contributed by atoms with van der Waals surface area (Å²) in [5.74, 6) is -0.628. The molecule has 0 bridgehead atoms. The van der Waals surface area contributed by atoms with Crippen LogP contribution in [-0.2, 0) is 9.74 Å². The molecule has 0 aromatic carbocycles. The molecule has 138 valence electrons. The van der Waals surface area contributed by atoms with Crippen molar-refractivity contribution < 1.29 is 58.2 Å². The van der Waals surface area contributed by atoms with E-state index in [9.17, 15) is 53.2 Å². The number of ketones is 1. The Bertz CT molecular complexity index is 223. The third kappa shape index (κ3) is 94.5. The highest BCUT2D eigenvalue weighted by atomic mass is 32.1. The largest absolute Gasteiger partial charge is 0.559 e. The zero-order valence-corrected chi connectivity index (χ0v) is 11.4. The van der Waals surface area contributed by atoms with Gasteiger partial charge in [-0.3, -0.25) is 4.79 Å². The maximum atomic E-state index is 11.4. The summed E-state index contributed by atoms with van der Waals surface area (Å²) < 4.78 is 112. The normalized spacial score (nSPS) is 10.2. The summed E-state index contributed by atoms with van der Waals surface area (Å²) >= 11 is 3.62. The van der Waals surface area contributed by atoms with Crippen LogP contribution in [0.2, 0.25) is 0 Å². The SMILES string of the molecule is FC(F)(F)F.FCF.FCOF.O=C(CCS)CC(F)(F)F. The Morgan fingerprint density at radius 2 is 1.23 bits per heavy atom. The number of hydrogen-bond donors (Lipinski definition) is 1. The number of thiol groups is 1. The van der Waals surface area contributed by atoms with Crippen LogP contribution in [0.3, 0.4) is 0 Å². The number of carbonyl (C=O) groups is 1. The highest BCUT2D eigenvalue weighted by molar-refractivity contribution is 7.80. The van der Waals surface area contributed by atoms with Gasteiger partial charge in [0.15, 0.2) is 0 Å². The van der Waals surface area contributed by atoms with Crippen molar-refractivity contribution in [3.05, 3.63) is 0 Å². The molecule has 0 rings (SSSR count). The van der Waals surface area contributed by atoms with Gasteiger partial charge in [0.2, 0.25) is 13.8 Å². The van der Waals surface area contributed by atoms with Crippen molar-refractivity contribution in [1.82, 2.24) is 0 Å². The van der Waals surface area contributed by atoms with E-state index in [1.54, 1.807) is 0 Å². The summed E-state index contributed by atoms with van der Waals surface area (Å²) in [5.41, 5.74) is 0. The van der Waals surface area contributed by atoms with Gasteiger partial charge in [-0.2, -0.15) is 30.7 Å². The molecule has 0 amide bonds. The first kappa shape index (κ1) is 29.2. The van der Waals surface area contributed by atoms with Gasteiger partial charge in [0.05, 0.1) is 0 Å². The summed E-state index contributed by atoms with van der Waals surface area (Å²) in [5, 5.41) is 0. The van der Waals surface area contributed by atoms with Crippen molar-refractivity contribution in [2.45, 2.75) is 25.4 Å². The lowest BCUT2D eigenvalue weighted by molar-refractivity contribution is -0.237. The number of carbonyl (C=O) groups excluding carboxylic acids is 1. The van der Waals surface area contributed by atoms with E-state index in [1.165, 1.54) is 0 Å². The standard InChI is InChI=1S/C5H7F3OS.CF4.CH2F2O.CH2F2/c6-5(7,8)3-4(9)1-2-10;2-1(3,4)5;2-1-4-3;2-1-3/h10H,1-3H2;;1H2;1H2. The fourth-order valence-corrected chi connectivity index (χ4v) is 0.686. The van der Waals surface area contributed by atoms with Gasteiger partial charge in [0.1, 0.15) is 12.2 Å². The van der Waals surface area contributed by atoms with Crippen molar-refractivity contribution in [3.8, 4) is 0 Å². The molecular weight excluding hydrogens is 369 g/mol. The Morgan fingerprint density at radius 3 is 1.36 bits per heavy atom. The molecule has 0 aromatic rings. The number of hydrogen-bond acceptors (Lipinski definition) is 3. The van der Waals surface area contributed by atoms with E-state index in [2.05, 4.69) is 17.6 Å². The molecule has 14 heteroatoms. The average molecular weight is 380 g/mol. The molecular formula is C8H11F11O2S. The molecule has 0 unspecified atom stereocenters. The quantitative estimate of drug-likeness (QED) is 0.549. The Kier molecular flexibility index (Phi) is 24.3. The second-order valence-corrected chi connectivity index (χ2v) is 3.00. The molecule has 0 aliphatic carbocycles. The highest BCUT2D eigenvalue weighted by Gasteiger charge is 2.30. The van der Waals surface area contributed by atoms with E-state index in [1.807, 2.05) is 0 Å². The lowest BCUT2D eigenvalue weighted by atomic mass is 10.2. The lowest BCUT2D eigenvalue weighted by Gasteiger charge is -2.02. The predicted molar refractivity (Wildman–Crippen MR) is 56.6 cm³/mol. The van der Waals surface area contributed by atoms with E-state index in [0.717, 1.165) is 0 Å². The predicted octanol–water partition coefficient (Wildman–Crippen LogP) is 5.00. The van der Waals surface area contributed by atoms with E-state index in [0.29, 0.717) is 0 Å². The maximum Gasteiger partial charge on any atom is 0.559 e. The smallest absolute Gasteiger partial charge is 0.299 e. The number of halogens is 11. The number of rotatable bonds is 4. The summed E-state index contributed by atoms with van der Waals surface area (Å²) in [6.07, 6.45) is -11.3. The molecule has 0 aromatic heterocycles. The number of Topliss-reactive ketones (excluding diaryl/α,β-unsaturated/α-hetero) is 1. The summed E-state index contributed by atoms with van der Waals surface area (Å²) in [6, 6.07) is 0. The highest BCUT2D eigenvalue weighted by Crippen LogP contribution is 2.20. The van der Waals surface area contributed by atoms with Crippen molar-refractivity contribution in [2.24, 2.45) is 0 Å². The van der Waals surface area contributed by atoms with E-state index >= 15 is 0 Å². The van der Waals surface area contributed by atoms with Gasteiger partial charge in [-0.25, -0.2) is 13.2 Å². The molecule has 0 radical (unpaired) electrons. The number of alkyl halides is 10. The third-order valence-corrected chi connectivity index (χ3v) is 1.05. The topological polar surface area (TPSA) is 26.3 Å². The van der Waals surface area contributed by atoms with Crippen LogP contribution in [0, 0.1) is 0 Å². The van der Waals surface area contributed by atoms with Crippen molar-refractivity contribution >= 4 is 18.4 Å². The fourth-order valence-electron chi connectivity index (χ4n) is 0.437. The monoisotopic (exact) mass is 380 g/mol. The second kappa shape index (κ2) is 18.3. The van der Waals surface area contributed by atoms with Crippen LogP contribution >= 0.6 is 12.6 Å². The lowest BCUT2D eigenvalue weighted by Crippen LogP contribution is -2.14. The Hall–Kier alpha value is -0.790. The van der Waals surface area contributed by atoms with Crippen LogP contribution in [0.4, 0.5) is 48.4 Å². The van der Waals surface area contributed by atoms with E-state index < -0.39 is 38.6 Å². The Labute approximate surface area is 122 Å². The summed E-state index contributed by atoms with van der Waals surface area (Å²) in [4.78, 5) is 12.7. The van der Waals surface area contributed by atoms with Gasteiger partial charge in [0, 0.05) is 6.42 Å². The molecule has 0 heterocycles. The molecule has 0 saturated carbocycles. The molecule has 2 nitrogen and oxygen atoms in total. The maximum absolute atomic E-state index is 11.4. The molecule has 0 aliphatic heterocycles. The Balaban J connectivity index is -0.000000113. The minimum atomic E-state index is -5.50. The molecule has 0 aliphatic rings. The average Bonchev–Trinajstić information content (AvgIpc) is 2.26. The zero-order valence-electron chi connectivity index (χ0n) is 10.5. The van der Waals surface area contributed by atoms with E-state index in [-0.39, 0.29) is 12.2 Å².